The SMILES string of the molecule is CC(NC(=O)CN1CCN(C(=O)c2cc3ccccc3[nH]2)CC1)c1ccc(Cl)cc1Cl. The number of para-hydroxylation sites is 1. The van der Waals surface area contributed by atoms with Crippen LogP contribution in [0.25, 0.3) is 10.9 Å². The Hall–Kier alpha value is -2.54. The molecule has 3 aromatic rings. The van der Waals surface area contributed by atoms with Crippen molar-refractivity contribution in [1.82, 2.24) is 20.1 Å². The molecule has 162 valence electrons. The molecule has 1 unspecified atom stereocenters. The molecule has 2 amide bonds. The van der Waals surface area contributed by atoms with Crippen molar-refractivity contribution in [3.8, 4) is 0 Å². The molecule has 0 radical (unpaired) electrons. The molecule has 8 heteroatoms. The fourth-order valence-electron chi connectivity index (χ4n) is 3.89. The topological polar surface area (TPSA) is 68.4 Å². The summed E-state index contributed by atoms with van der Waals surface area (Å²) in [6, 6.07) is 14.8. The van der Waals surface area contributed by atoms with Gasteiger partial charge in [0.05, 0.1) is 12.6 Å². The Bertz CT molecular complexity index is 1070. The second-order valence-electron chi connectivity index (χ2n) is 7.79. The van der Waals surface area contributed by atoms with Crippen LogP contribution in [0.3, 0.4) is 0 Å². The van der Waals surface area contributed by atoms with E-state index in [9.17, 15) is 9.59 Å². The minimum atomic E-state index is -0.220. The number of H-pyrrole nitrogens is 1. The second kappa shape index (κ2) is 9.30. The van der Waals surface area contributed by atoms with Gasteiger partial charge in [-0.2, -0.15) is 0 Å². The van der Waals surface area contributed by atoms with Crippen molar-refractivity contribution >= 4 is 45.9 Å². The standard InChI is InChI=1S/C23H24Cl2N4O2/c1-15(18-7-6-17(24)13-19(18)25)26-22(30)14-28-8-10-29(11-9-28)23(31)21-12-16-4-2-3-5-20(16)27-21/h2-7,12-13,15,27H,8-11,14H2,1H3,(H,26,30). The van der Waals surface area contributed by atoms with Gasteiger partial charge in [0.1, 0.15) is 5.69 Å². The Morgan fingerprint density at radius 3 is 2.52 bits per heavy atom. The number of benzene rings is 2. The van der Waals surface area contributed by atoms with Crippen molar-refractivity contribution < 1.29 is 9.59 Å². The van der Waals surface area contributed by atoms with Gasteiger partial charge in [0.25, 0.3) is 5.91 Å². The van der Waals surface area contributed by atoms with Crippen molar-refractivity contribution in [3.63, 3.8) is 0 Å². The molecule has 1 fully saturated rings. The molecule has 31 heavy (non-hydrogen) atoms. The highest BCUT2D eigenvalue weighted by molar-refractivity contribution is 6.35. The van der Waals surface area contributed by atoms with Gasteiger partial charge < -0.3 is 15.2 Å². The lowest BCUT2D eigenvalue weighted by Gasteiger charge is -2.34. The first-order valence-electron chi connectivity index (χ1n) is 10.2. The first-order valence-corrected chi connectivity index (χ1v) is 11.0. The maximum atomic E-state index is 12.8. The van der Waals surface area contributed by atoms with Crippen LogP contribution in [0.15, 0.2) is 48.5 Å². The first-order chi connectivity index (χ1) is 14.9. The summed E-state index contributed by atoms with van der Waals surface area (Å²) >= 11 is 12.2. The summed E-state index contributed by atoms with van der Waals surface area (Å²) < 4.78 is 0. The van der Waals surface area contributed by atoms with Crippen LogP contribution in [0.5, 0.6) is 0 Å². The Morgan fingerprint density at radius 2 is 1.81 bits per heavy atom. The Balaban J connectivity index is 1.28. The summed E-state index contributed by atoms with van der Waals surface area (Å²) in [5, 5.41) is 5.10. The molecule has 0 saturated carbocycles. The number of carbonyl (C=O) groups excluding carboxylic acids is 2. The molecule has 1 saturated heterocycles. The van der Waals surface area contributed by atoms with Crippen LogP contribution in [-0.2, 0) is 4.79 Å². The molecule has 1 aliphatic rings. The van der Waals surface area contributed by atoms with Gasteiger partial charge in [-0.05, 0) is 36.8 Å². The van der Waals surface area contributed by atoms with E-state index in [-0.39, 0.29) is 24.4 Å². The van der Waals surface area contributed by atoms with Crippen LogP contribution in [0.4, 0.5) is 0 Å². The highest BCUT2D eigenvalue weighted by Crippen LogP contribution is 2.26. The molecule has 1 aliphatic heterocycles. The molecule has 6 nitrogen and oxygen atoms in total. The van der Waals surface area contributed by atoms with E-state index < -0.39 is 0 Å². The summed E-state index contributed by atoms with van der Waals surface area (Å²) in [6.45, 7) is 4.64. The molecule has 0 bridgehead atoms. The monoisotopic (exact) mass is 458 g/mol. The summed E-state index contributed by atoms with van der Waals surface area (Å²) in [5.41, 5.74) is 2.38. The maximum absolute atomic E-state index is 12.8. The van der Waals surface area contributed by atoms with E-state index >= 15 is 0 Å². The number of piperazine rings is 1. The molecule has 1 atom stereocenters. The third-order valence-electron chi connectivity index (χ3n) is 5.59. The van der Waals surface area contributed by atoms with Crippen LogP contribution >= 0.6 is 23.2 Å². The third kappa shape index (κ3) is 5.03. The van der Waals surface area contributed by atoms with Crippen LogP contribution in [0.1, 0.15) is 29.0 Å². The van der Waals surface area contributed by atoms with Crippen molar-refractivity contribution in [2.45, 2.75) is 13.0 Å². The highest BCUT2D eigenvalue weighted by atomic mass is 35.5. The predicted octanol–water partition coefficient (Wildman–Crippen LogP) is 4.11. The summed E-state index contributed by atoms with van der Waals surface area (Å²) in [4.78, 5) is 32.4. The molecule has 0 spiro atoms. The molecular formula is C23H24Cl2N4O2. The van der Waals surface area contributed by atoms with Crippen LogP contribution in [0, 0.1) is 0 Å². The fourth-order valence-corrected chi connectivity index (χ4v) is 4.46. The van der Waals surface area contributed by atoms with Crippen molar-refractivity contribution in [2.24, 2.45) is 0 Å². The van der Waals surface area contributed by atoms with E-state index in [0.717, 1.165) is 16.5 Å². The molecule has 0 aliphatic carbocycles. The lowest BCUT2D eigenvalue weighted by Crippen LogP contribution is -2.51. The molecule has 2 N–H and O–H groups in total. The number of aromatic amines is 1. The summed E-state index contributed by atoms with van der Waals surface area (Å²) in [6.07, 6.45) is 0. The highest BCUT2D eigenvalue weighted by Gasteiger charge is 2.25. The van der Waals surface area contributed by atoms with E-state index in [1.807, 2.05) is 48.2 Å². The van der Waals surface area contributed by atoms with Crippen LogP contribution in [-0.4, -0.2) is 59.3 Å². The minimum Gasteiger partial charge on any atom is -0.351 e. The van der Waals surface area contributed by atoms with Crippen LogP contribution in [0.2, 0.25) is 10.0 Å². The lowest BCUT2D eigenvalue weighted by atomic mass is 10.1. The normalized spacial score (nSPS) is 15.8. The molecular weight excluding hydrogens is 435 g/mol. The molecule has 2 heterocycles. The number of amides is 2. The van der Waals surface area contributed by atoms with Gasteiger partial charge in [0.15, 0.2) is 0 Å². The number of nitrogens with one attached hydrogen (secondary N) is 2. The van der Waals surface area contributed by atoms with Crippen molar-refractivity contribution in [2.75, 3.05) is 32.7 Å². The van der Waals surface area contributed by atoms with E-state index in [1.165, 1.54) is 0 Å². The summed E-state index contributed by atoms with van der Waals surface area (Å²) in [5.74, 6) is -0.0831. The van der Waals surface area contributed by atoms with E-state index in [4.69, 9.17) is 23.2 Å². The lowest BCUT2D eigenvalue weighted by molar-refractivity contribution is -0.123. The van der Waals surface area contributed by atoms with E-state index in [2.05, 4.69) is 15.2 Å². The number of carbonyl (C=O) groups is 2. The van der Waals surface area contributed by atoms with E-state index in [0.29, 0.717) is 41.9 Å². The number of hydrogen-bond acceptors (Lipinski definition) is 3. The number of halogens is 2. The van der Waals surface area contributed by atoms with Crippen LogP contribution < -0.4 is 5.32 Å². The molecule has 1 aromatic heterocycles. The van der Waals surface area contributed by atoms with Gasteiger partial charge in [-0.15, -0.1) is 0 Å². The second-order valence-corrected chi connectivity index (χ2v) is 8.64. The van der Waals surface area contributed by atoms with Gasteiger partial charge in [-0.1, -0.05) is 47.5 Å². The zero-order valence-corrected chi connectivity index (χ0v) is 18.7. The number of hydrogen-bond donors (Lipinski definition) is 2. The number of nitrogens with zero attached hydrogens (tertiary/aromatic N) is 2. The average Bonchev–Trinajstić information content (AvgIpc) is 3.18. The average molecular weight is 459 g/mol. The Morgan fingerprint density at radius 1 is 1.06 bits per heavy atom. The Kier molecular flexibility index (Phi) is 6.51. The Labute approximate surface area is 191 Å². The summed E-state index contributed by atoms with van der Waals surface area (Å²) in [7, 11) is 0. The van der Waals surface area contributed by atoms with Gasteiger partial charge in [0, 0.05) is 47.1 Å². The first kappa shape index (κ1) is 21.7. The maximum Gasteiger partial charge on any atom is 0.270 e. The zero-order valence-electron chi connectivity index (χ0n) is 17.2. The number of rotatable bonds is 5. The van der Waals surface area contributed by atoms with Gasteiger partial charge in [-0.25, -0.2) is 0 Å². The molecule has 4 rings (SSSR count). The minimum absolute atomic E-state index is 0.00805. The number of aromatic nitrogens is 1. The quantitative estimate of drug-likeness (QED) is 0.604. The van der Waals surface area contributed by atoms with Gasteiger partial charge in [-0.3, -0.25) is 14.5 Å². The largest absolute Gasteiger partial charge is 0.351 e. The molecule has 2 aromatic carbocycles. The van der Waals surface area contributed by atoms with Gasteiger partial charge >= 0.3 is 0 Å². The van der Waals surface area contributed by atoms with Crippen molar-refractivity contribution in [3.05, 3.63) is 69.8 Å². The number of fused-ring (bicyclic) bond motifs is 1. The van der Waals surface area contributed by atoms with Crippen molar-refractivity contribution in [1.29, 1.82) is 0 Å². The van der Waals surface area contributed by atoms with Gasteiger partial charge in [0.2, 0.25) is 5.91 Å². The predicted molar refractivity (Wildman–Crippen MR) is 124 cm³/mol. The smallest absolute Gasteiger partial charge is 0.270 e. The van der Waals surface area contributed by atoms with E-state index in [1.54, 1.807) is 12.1 Å². The fraction of sp³-hybridized carbons (Fsp3) is 0.304. The third-order valence-corrected chi connectivity index (χ3v) is 6.16. The zero-order chi connectivity index (χ0) is 22.0.